The van der Waals surface area contributed by atoms with Crippen molar-refractivity contribution >= 4 is 5.91 Å². The lowest BCUT2D eigenvalue weighted by atomic mass is 10.2. The average Bonchev–Trinajstić information content (AvgIpc) is 3.23. The van der Waals surface area contributed by atoms with Crippen LogP contribution in [0.3, 0.4) is 0 Å². The van der Waals surface area contributed by atoms with Crippen molar-refractivity contribution in [3.05, 3.63) is 23.8 Å². The van der Waals surface area contributed by atoms with Gasteiger partial charge in [-0.2, -0.15) is 0 Å². The number of carbonyl (C=O) groups excluding carboxylic acids is 1. The number of likely N-dealkylation sites (N-methyl/N-ethyl adjacent to an activating group) is 2. The van der Waals surface area contributed by atoms with E-state index in [1.54, 1.807) is 0 Å². The summed E-state index contributed by atoms with van der Waals surface area (Å²) in [6, 6.07) is 6.44. The number of benzene rings is 1. The minimum atomic E-state index is 0.208. The van der Waals surface area contributed by atoms with Crippen LogP contribution in [0.4, 0.5) is 0 Å². The maximum absolute atomic E-state index is 12.2. The third kappa shape index (κ3) is 3.29. The standard InChI is InChI=1S/C16H22N2O3/c1-3-18(10-16(19)17(2)13-5-6-13)9-12-4-7-14-15(8-12)21-11-20-14/h4,7-8,13H,3,5-6,9-11H2,1-2H3. The van der Waals surface area contributed by atoms with E-state index in [0.717, 1.165) is 43.0 Å². The van der Waals surface area contributed by atoms with Crippen LogP contribution in [0.25, 0.3) is 0 Å². The number of hydrogen-bond acceptors (Lipinski definition) is 4. The van der Waals surface area contributed by atoms with Gasteiger partial charge in [-0.25, -0.2) is 0 Å². The third-order valence-corrected chi connectivity index (χ3v) is 4.14. The van der Waals surface area contributed by atoms with Crippen molar-refractivity contribution in [3.8, 4) is 11.5 Å². The molecule has 1 aliphatic heterocycles. The fraction of sp³-hybridized carbons (Fsp3) is 0.562. The predicted molar refractivity (Wildman–Crippen MR) is 79.3 cm³/mol. The van der Waals surface area contributed by atoms with Gasteiger partial charge in [-0.3, -0.25) is 9.69 Å². The van der Waals surface area contributed by atoms with E-state index in [1.807, 2.05) is 30.1 Å². The van der Waals surface area contributed by atoms with Crippen LogP contribution in [0.2, 0.25) is 0 Å². The Labute approximate surface area is 125 Å². The summed E-state index contributed by atoms with van der Waals surface area (Å²) in [5.41, 5.74) is 1.14. The second-order valence-electron chi connectivity index (χ2n) is 5.73. The number of rotatable bonds is 6. The van der Waals surface area contributed by atoms with E-state index >= 15 is 0 Å². The molecular weight excluding hydrogens is 268 g/mol. The first kappa shape index (κ1) is 14.2. The van der Waals surface area contributed by atoms with Gasteiger partial charge < -0.3 is 14.4 Å². The Kier molecular flexibility index (Phi) is 4.01. The van der Waals surface area contributed by atoms with Crippen molar-refractivity contribution in [1.82, 2.24) is 9.80 Å². The van der Waals surface area contributed by atoms with Crippen molar-refractivity contribution < 1.29 is 14.3 Å². The summed E-state index contributed by atoms with van der Waals surface area (Å²) < 4.78 is 10.7. The molecule has 0 aromatic heterocycles. The van der Waals surface area contributed by atoms with Crippen molar-refractivity contribution in [2.24, 2.45) is 0 Å². The van der Waals surface area contributed by atoms with E-state index in [-0.39, 0.29) is 5.91 Å². The van der Waals surface area contributed by atoms with Gasteiger partial charge in [0.15, 0.2) is 11.5 Å². The molecule has 0 atom stereocenters. The summed E-state index contributed by atoms with van der Waals surface area (Å²) in [5.74, 6) is 1.80. The zero-order chi connectivity index (χ0) is 14.8. The minimum absolute atomic E-state index is 0.208. The molecule has 5 nitrogen and oxygen atoms in total. The molecule has 0 radical (unpaired) electrons. The molecule has 1 fully saturated rings. The van der Waals surface area contributed by atoms with E-state index in [4.69, 9.17) is 9.47 Å². The summed E-state index contributed by atoms with van der Waals surface area (Å²) in [6.07, 6.45) is 2.30. The van der Waals surface area contributed by atoms with Gasteiger partial charge in [-0.15, -0.1) is 0 Å². The lowest BCUT2D eigenvalue weighted by molar-refractivity contribution is -0.131. The van der Waals surface area contributed by atoms with Gasteiger partial charge >= 0.3 is 0 Å². The van der Waals surface area contributed by atoms with Gasteiger partial charge in [-0.05, 0) is 37.1 Å². The van der Waals surface area contributed by atoms with Crippen LogP contribution >= 0.6 is 0 Å². The zero-order valence-corrected chi connectivity index (χ0v) is 12.7. The number of nitrogens with zero attached hydrogens (tertiary/aromatic N) is 2. The highest BCUT2D eigenvalue weighted by Crippen LogP contribution is 2.32. The molecule has 0 bridgehead atoms. The van der Waals surface area contributed by atoms with Crippen molar-refractivity contribution in [1.29, 1.82) is 0 Å². The highest BCUT2D eigenvalue weighted by Gasteiger charge is 2.30. The SMILES string of the molecule is CCN(CC(=O)N(C)C1CC1)Cc1ccc2c(c1)OCO2. The second-order valence-corrected chi connectivity index (χ2v) is 5.73. The van der Waals surface area contributed by atoms with Gasteiger partial charge in [-0.1, -0.05) is 13.0 Å². The summed E-state index contributed by atoms with van der Waals surface area (Å²) in [7, 11) is 1.91. The molecule has 0 spiro atoms. The highest BCUT2D eigenvalue weighted by atomic mass is 16.7. The molecule has 5 heteroatoms. The molecule has 21 heavy (non-hydrogen) atoms. The van der Waals surface area contributed by atoms with E-state index < -0.39 is 0 Å². The molecular formula is C16H22N2O3. The van der Waals surface area contributed by atoms with Gasteiger partial charge in [0.2, 0.25) is 12.7 Å². The maximum atomic E-state index is 12.2. The second kappa shape index (κ2) is 5.93. The normalized spacial score (nSPS) is 16.3. The summed E-state index contributed by atoms with van der Waals surface area (Å²) >= 11 is 0. The minimum Gasteiger partial charge on any atom is -0.454 e. The third-order valence-electron chi connectivity index (χ3n) is 4.14. The van der Waals surface area contributed by atoms with Gasteiger partial charge in [0.05, 0.1) is 6.54 Å². The largest absolute Gasteiger partial charge is 0.454 e. The topological polar surface area (TPSA) is 42.0 Å². The Hall–Kier alpha value is -1.75. The molecule has 1 aromatic carbocycles. The van der Waals surface area contributed by atoms with Crippen LogP contribution in [0, 0.1) is 0 Å². The predicted octanol–water partition coefficient (Wildman–Crippen LogP) is 1.86. The lowest BCUT2D eigenvalue weighted by Gasteiger charge is -2.24. The van der Waals surface area contributed by atoms with Gasteiger partial charge in [0.1, 0.15) is 0 Å². The van der Waals surface area contributed by atoms with Gasteiger partial charge in [0.25, 0.3) is 0 Å². The quantitative estimate of drug-likeness (QED) is 0.802. The molecule has 0 saturated heterocycles. The first-order valence-corrected chi connectivity index (χ1v) is 7.54. The molecule has 0 unspecified atom stereocenters. The Morgan fingerprint density at radius 2 is 2.05 bits per heavy atom. The number of carbonyl (C=O) groups is 1. The van der Waals surface area contributed by atoms with Crippen molar-refractivity contribution in [3.63, 3.8) is 0 Å². The van der Waals surface area contributed by atoms with E-state index in [2.05, 4.69) is 11.8 Å². The molecule has 114 valence electrons. The Bertz CT molecular complexity index is 528. The fourth-order valence-electron chi connectivity index (χ4n) is 2.55. The zero-order valence-electron chi connectivity index (χ0n) is 12.7. The van der Waals surface area contributed by atoms with Crippen LogP contribution < -0.4 is 9.47 Å². The monoisotopic (exact) mass is 290 g/mol. The van der Waals surface area contributed by atoms with Crippen LogP contribution in [0.5, 0.6) is 11.5 Å². The number of ether oxygens (including phenoxy) is 2. The Morgan fingerprint density at radius 1 is 1.29 bits per heavy atom. The van der Waals surface area contributed by atoms with Crippen LogP contribution in [0.1, 0.15) is 25.3 Å². The van der Waals surface area contributed by atoms with Crippen LogP contribution in [-0.4, -0.2) is 48.7 Å². The molecule has 1 saturated carbocycles. The summed E-state index contributed by atoms with van der Waals surface area (Å²) in [5, 5.41) is 0. The molecule has 3 rings (SSSR count). The van der Waals surface area contributed by atoms with E-state index in [0.29, 0.717) is 19.4 Å². The fourth-order valence-corrected chi connectivity index (χ4v) is 2.55. The lowest BCUT2D eigenvalue weighted by Crippen LogP contribution is -2.39. The molecule has 0 N–H and O–H groups in total. The number of hydrogen-bond donors (Lipinski definition) is 0. The average molecular weight is 290 g/mol. The molecule has 2 aliphatic rings. The Morgan fingerprint density at radius 3 is 2.76 bits per heavy atom. The van der Waals surface area contributed by atoms with Crippen molar-refractivity contribution in [2.45, 2.75) is 32.4 Å². The summed E-state index contributed by atoms with van der Waals surface area (Å²) in [4.78, 5) is 16.3. The first-order chi connectivity index (χ1) is 10.2. The van der Waals surface area contributed by atoms with Gasteiger partial charge in [0, 0.05) is 19.6 Å². The maximum Gasteiger partial charge on any atom is 0.236 e. The Balaban J connectivity index is 1.60. The van der Waals surface area contributed by atoms with Crippen LogP contribution in [-0.2, 0) is 11.3 Å². The molecule has 1 aliphatic carbocycles. The van der Waals surface area contributed by atoms with E-state index in [1.165, 1.54) is 0 Å². The molecule has 1 aromatic rings. The number of amides is 1. The highest BCUT2D eigenvalue weighted by molar-refractivity contribution is 5.78. The number of fused-ring (bicyclic) bond motifs is 1. The molecule has 1 amide bonds. The van der Waals surface area contributed by atoms with Crippen LogP contribution in [0.15, 0.2) is 18.2 Å². The van der Waals surface area contributed by atoms with Crippen molar-refractivity contribution in [2.75, 3.05) is 26.9 Å². The summed E-state index contributed by atoms with van der Waals surface area (Å²) in [6.45, 7) is 4.44. The first-order valence-electron chi connectivity index (χ1n) is 7.54. The van der Waals surface area contributed by atoms with E-state index in [9.17, 15) is 4.79 Å². The molecule has 1 heterocycles. The smallest absolute Gasteiger partial charge is 0.236 e.